The third-order valence-electron chi connectivity index (χ3n) is 2.52. The van der Waals surface area contributed by atoms with Gasteiger partial charge in [0.2, 0.25) is 0 Å². The minimum absolute atomic E-state index is 0.312. The third kappa shape index (κ3) is 0.739. The van der Waals surface area contributed by atoms with Gasteiger partial charge in [0.1, 0.15) is 0 Å². The lowest BCUT2D eigenvalue weighted by Gasteiger charge is -2.29. The van der Waals surface area contributed by atoms with E-state index >= 15 is 0 Å². The van der Waals surface area contributed by atoms with Crippen molar-refractivity contribution in [1.29, 1.82) is 0 Å². The van der Waals surface area contributed by atoms with Crippen LogP contribution in [-0.2, 0) is 0 Å². The molecule has 0 heterocycles. The molecule has 2 aliphatic rings. The maximum absolute atomic E-state index is 8.84. The number of aliphatic hydroxyl groups is 1. The molecule has 0 saturated carbocycles. The van der Waals surface area contributed by atoms with Gasteiger partial charge in [-0.15, -0.1) is 0 Å². The molecule has 10 heavy (non-hydrogen) atoms. The van der Waals surface area contributed by atoms with Crippen molar-refractivity contribution >= 4 is 0 Å². The van der Waals surface area contributed by atoms with Crippen LogP contribution in [-0.4, -0.2) is 11.7 Å². The molecule has 2 rings (SSSR count). The van der Waals surface area contributed by atoms with Gasteiger partial charge in [0.25, 0.3) is 0 Å². The molecule has 0 aromatic heterocycles. The van der Waals surface area contributed by atoms with Gasteiger partial charge in [0.15, 0.2) is 0 Å². The Morgan fingerprint density at radius 1 is 1.50 bits per heavy atom. The van der Waals surface area contributed by atoms with Crippen molar-refractivity contribution in [1.82, 2.24) is 0 Å². The molecule has 2 aliphatic carbocycles. The number of hydrogen-bond donors (Lipinski definition) is 1. The third-order valence-corrected chi connectivity index (χ3v) is 2.52. The van der Waals surface area contributed by atoms with Crippen molar-refractivity contribution < 1.29 is 5.11 Å². The zero-order valence-corrected chi connectivity index (χ0v) is 5.96. The molecule has 0 aromatic rings. The number of allylic oxidation sites excluding steroid dienone is 3. The summed E-state index contributed by atoms with van der Waals surface area (Å²) in [4.78, 5) is 0. The van der Waals surface area contributed by atoms with E-state index in [4.69, 9.17) is 5.11 Å². The van der Waals surface area contributed by atoms with Gasteiger partial charge >= 0.3 is 0 Å². The maximum Gasteiger partial charge on any atom is 0.0494 e. The van der Waals surface area contributed by atoms with Crippen molar-refractivity contribution in [2.75, 3.05) is 6.61 Å². The fourth-order valence-electron chi connectivity index (χ4n) is 1.77. The second-order valence-corrected chi connectivity index (χ2v) is 3.35. The molecule has 0 aliphatic heterocycles. The maximum atomic E-state index is 8.84. The molecule has 1 heteroatoms. The van der Waals surface area contributed by atoms with Crippen LogP contribution in [0.15, 0.2) is 24.3 Å². The zero-order chi connectivity index (χ0) is 7.03. The zero-order valence-electron chi connectivity index (χ0n) is 5.96. The van der Waals surface area contributed by atoms with Crippen LogP contribution in [0.1, 0.15) is 12.8 Å². The van der Waals surface area contributed by atoms with E-state index in [2.05, 4.69) is 24.3 Å². The van der Waals surface area contributed by atoms with E-state index in [0.29, 0.717) is 17.9 Å². The molecule has 0 aromatic carbocycles. The second kappa shape index (κ2) is 1.96. The normalized spacial score (nSPS) is 42.7. The molecular formula is C9H12O. The van der Waals surface area contributed by atoms with Gasteiger partial charge in [0, 0.05) is 17.9 Å². The van der Waals surface area contributed by atoms with Crippen LogP contribution in [0.25, 0.3) is 0 Å². The summed E-state index contributed by atoms with van der Waals surface area (Å²) in [6.07, 6.45) is 11.1. The van der Waals surface area contributed by atoms with Crippen LogP contribution in [0.2, 0.25) is 0 Å². The van der Waals surface area contributed by atoms with Gasteiger partial charge in [-0.05, 0) is 12.8 Å². The summed E-state index contributed by atoms with van der Waals surface area (Å²) in [5.41, 5.74) is 0.368. The average Bonchev–Trinajstić information content (AvgIpc) is 2.29. The summed E-state index contributed by atoms with van der Waals surface area (Å²) in [7, 11) is 0. The molecule has 1 spiro atoms. The summed E-state index contributed by atoms with van der Waals surface area (Å²) < 4.78 is 0. The first-order valence-electron chi connectivity index (χ1n) is 3.83. The Hall–Kier alpha value is -0.560. The molecule has 0 fully saturated rings. The number of aliphatic hydroxyl groups excluding tert-OH is 1. The lowest BCUT2D eigenvalue weighted by Crippen LogP contribution is -2.19. The van der Waals surface area contributed by atoms with E-state index < -0.39 is 0 Å². The van der Waals surface area contributed by atoms with Crippen LogP contribution in [0.5, 0.6) is 0 Å². The fraction of sp³-hybridized carbons (Fsp3) is 0.556. The van der Waals surface area contributed by atoms with Crippen LogP contribution >= 0.6 is 0 Å². The molecule has 1 nitrogen and oxygen atoms in total. The molecule has 0 radical (unpaired) electrons. The van der Waals surface area contributed by atoms with Gasteiger partial charge in [-0.2, -0.15) is 0 Å². The van der Waals surface area contributed by atoms with E-state index in [1.54, 1.807) is 0 Å². The lowest BCUT2D eigenvalue weighted by molar-refractivity contribution is 0.230. The Morgan fingerprint density at radius 2 is 2.30 bits per heavy atom. The largest absolute Gasteiger partial charge is 0.396 e. The van der Waals surface area contributed by atoms with Crippen molar-refractivity contribution in [2.45, 2.75) is 12.8 Å². The molecule has 1 N–H and O–H groups in total. The van der Waals surface area contributed by atoms with Crippen molar-refractivity contribution in [3.05, 3.63) is 24.3 Å². The predicted octanol–water partition coefficient (Wildman–Crippen LogP) is 1.50. The standard InChI is InChI=1S/C9H12O/c10-7-8-2-5-9(6-8)3-1-4-9/h1-3,5,8,10H,4,6-7H2. The quantitative estimate of drug-likeness (QED) is 0.542. The highest BCUT2D eigenvalue weighted by Crippen LogP contribution is 2.45. The Labute approximate surface area is 61.1 Å². The van der Waals surface area contributed by atoms with Crippen LogP contribution in [0.3, 0.4) is 0 Å². The molecule has 54 valence electrons. The van der Waals surface area contributed by atoms with Crippen molar-refractivity contribution in [3.8, 4) is 0 Å². The van der Waals surface area contributed by atoms with Crippen LogP contribution in [0, 0.1) is 11.3 Å². The van der Waals surface area contributed by atoms with Gasteiger partial charge in [0.05, 0.1) is 0 Å². The fourth-order valence-corrected chi connectivity index (χ4v) is 1.77. The Kier molecular flexibility index (Phi) is 1.21. The molecule has 2 atom stereocenters. The predicted molar refractivity (Wildman–Crippen MR) is 40.5 cm³/mol. The van der Waals surface area contributed by atoms with E-state index in [1.165, 1.54) is 6.42 Å². The molecule has 0 saturated heterocycles. The van der Waals surface area contributed by atoms with Crippen LogP contribution < -0.4 is 0 Å². The van der Waals surface area contributed by atoms with Gasteiger partial charge in [-0.1, -0.05) is 24.3 Å². The molecule has 0 bridgehead atoms. The first-order valence-corrected chi connectivity index (χ1v) is 3.83. The topological polar surface area (TPSA) is 20.2 Å². The average molecular weight is 136 g/mol. The Balaban J connectivity index is 2.07. The number of rotatable bonds is 1. The van der Waals surface area contributed by atoms with Gasteiger partial charge in [-0.3, -0.25) is 0 Å². The van der Waals surface area contributed by atoms with Crippen molar-refractivity contribution in [2.24, 2.45) is 11.3 Å². The first-order chi connectivity index (χ1) is 4.85. The van der Waals surface area contributed by atoms with E-state index in [1.807, 2.05) is 0 Å². The minimum atomic E-state index is 0.312. The molecule has 2 unspecified atom stereocenters. The highest BCUT2D eigenvalue weighted by Gasteiger charge is 2.34. The SMILES string of the molecule is OCC1C=CC2(C=CC2)C1. The van der Waals surface area contributed by atoms with E-state index in [9.17, 15) is 0 Å². The summed E-state index contributed by atoms with van der Waals surface area (Å²) in [5, 5.41) is 8.84. The summed E-state index contributed by atoms with van der Waals surface area (Å²) in [5.74, 6) is 0.421. The summed E-state index contributed by atoms with van der Waals surface area (Å²) >= 11 is 0. The number of hydrogen-bond acceptors (Lipinski definition) is 1. The smallest absolute Gasteiger partial charge is 0.0494 e. The van der Waals surface area contributed by atoms with Crippen LogP contribution in [0.4, 0.5) is 0 Å². The molecule has 0 amide bonds. The minimum Gasteiger partial charge on any atom is -0.396 e. The monoisotopic (exact) mass is 136 g/mol. The van der Waals surface area contributed by atoms with Gasteiger partial charge < -0.3 is 5.11 Å². The lowest BCUT2D eigenvalue weighted by atomic mass is 9.75. The van der Waals surface area contributed by atoms with Crippen molar-refractivity contribution in [3.63, 3.8) is 0 Å². The Morgan fingerprint density at radius 3 is 2.60 bits per heavy atom. The van der Waals surface area contributed by atoms with E-state index in [-0.39, 0.29) is 0 Å². The highest BCUT2D eigenvalue weighted by molar-refractivity contribution is 5.26. The van der Waals surface area contributed by atoms with E-state index in [0.717, 1.165) is 6.42 Å². The Bertz CT molecular complexity index is 193. The molecular weight excluding hydrogens is 124 g/mol. The highest BCUT2D eigenvalue weighted by atomic mass is 16.3. The van der Waals surface area contributed by atoms with Gasteiger partial charge in [-0.25, -0.2) is 0 Å². The summed E-state index contributed by atoms with van der Waals surface area (Å²) in [6.45, 7) is 0.312. The summed E-state index contributed by atoms with van der Waals surface area (Å²) in [6, 6.07) is 0. The first kappa shape index (κ1) is 6.17. The second-order valence-electron chi connectivity index (χ2n) is 3.35.